The predicted octanol–water partition coefficient (Wildman–Crippen LogP) is 2.14. The van der Waals surface area contributed by atoms with E-state index in [1.54, 1.807) is 5.38 Å². The number of thiophene rings is 1. The number of nitrogens with zero attached hydrogens (tertiary/aromatic N) is 2. The van der Waals surface area contributed by atoms with Crippen LogP contribution in [-0.2, 0) is 0 Å². The Kier molecular flexibility index (Phi) is 3.54. The van der Waals surface area contributed by atoms with E-state index in [9.17, 15) is 9.59 Å². The van der Waals surface area contributed by atoms with Crippen LogP contribution in [0.3, 0.4) is 0 Å². The molecule has 2 heterocycles. The van der Waals surface area contributed by atoms with Crippen LogP contribution in [0.2, 0.25) is 5.15 Å². The molecular weight excluding hydrogens is 278 g/mol. The monoisotopic (exact) mass is 283 g/mol. The maximum Gasteiger partial charge on any atom is 0.338 e. The molecular formula is C10H6ClN3O3S. The maximum atomic E-state index is 11.8. The van der Waals surface area contributed by atoms with Crippen molar-refractivity contribution in [3.63, 3.8) is 0 Å². The van der Waals surface area contributed by atoms with Crippen molar-refractivity contribution in [2.75, 3.05) is 5.32 Å². The summed E-state index contributed by atoms with van der Waals surface area (Å²) in [5.74, 6) is -1.67. The fourth-order valence-electron chi connectivity index (χ4n) is 1.19. The molecule has 0 spiro atoms. The molecule has 2 aromatic rings. The molecule has 0 aromatic carbocycles. The summed E-state index contributed by atoms with van der Waals surface area (Å²) in [4.78, 5) is 30.1. The summed E-state index contributed by atoms with van der Waals surface area (Å²) < 4.78 is 0. The molecule has 0 saturated carbocycles. The third-order valence-electron chi connectivity index (χ3n) is 1.96. The highest BCUT2D eigenvalue weighted by Crippen LogP contribution is 2.23. The van der Waals surface area contributed by atoms with Gasteiger partial charge in [0.2, 0.25) is 0 Å². The summed E-state index contributed by atoms with van der Waals surface area (Å²) in [5, 5.41) is 13.2. The summed E-state index contributed by atoms with van der Waals surface area (Å²) in [6.07, 6.45) is 2.54. The summed E-state index contributed by atoms with van der Waals surface area (Å²) in [6, 6.07) is 1.41. The molecule has 0 saturated heterocycles. The van der Waals surface area contributed by atoms with E-state index in [2.05, 4.69) is 15.3 Å². The molecule has 0 atom stereocenters. The Morgan fingerprint density at radius 2 is 2.17 bits per heavy atom. The van der Waals surface area contributed by atoms with Crippen LogP contribution in [0.1, 0.15) is 20.8 Å². The molecule has 8 heteroatoms. The van der Waals surface area contributed by atoms with Crippen LogP contribution in [0.4, 0.5) is 5.00 Å². The molecule has 2 N–H and O–H groups in total. The first-order valence-corrected chi connectivity index (χ1v) is 5.93. The van der Waals surface area contributed by atoms with Gasteiger partial charge in [0.1, 0.15) is 15.8 Å². The number of nitrogens with one attached hydrogen (secondary N) is 1. The van der Waals surface area contributed by atoms with E-state index < -0.39 is 11.9 Å². The summed E-state index contributed by atoms with van der Waals surface area (Å²) in [5.41, 5.74) is 0.0515. The molecule has 0 unspecified atom stereocenters. The number of aromatic carboxylic acids is 1. The number of carbonyl (C=O) groups excluding carboxylic acids is 1. The highest BCUT2D eigenvalue weighted by Gasteiger charge is 2.15. The van der Waals surface area contributed by atoms with Crippen molar-refractivity contribution in [3.8, 4) is 0 Å². The number of rotatable bonds is 3. The second-order valence-corrected chi connectivity index (χ2v) is 4.45. The van der Waals surface area contributed by atoms with Crippen LogP contribution in [0.15, 0.2) is 23.8 Å². The van der Waals surface area contributed by atoms with Crippen LogP contribution >= 0.6 is 22.9 Å². The van der Waals surface area contributed by atoms with Gasteiger partial charge in [-0.1, -0.05) is 11.6 Å². The summed E-state index contributed by atoms with van der Waals surface area (Å²) in [7, 11) is 0. The Balaban J connectivity index is 2.21. The molecule has 2 rings (SSSR count). The number of carboxylic acid groups (broad SMARTS) is 1. The van der Waals surface area contributed by atoms with E-state index in [4.69, 9.17) is 16.7 Å². The number of carboxylic acids is 1. The first kappa shape index (κ1) is 12.5. The molecule has 0 aliphatic rings. The smallest absolute Gasteiger partial charge is 0.338 e. The van der Waals surface area contributed by atoms with Gasteiger partial charge in [0.15, 0.2) is 0 Å². The van der Waals surface area contributed by atoms with Gasteiger partial charge in [-0.2, -0.15) is 0 Å². The van der Waals surface area contributed by atoms with E-state index in [0.717, 1.165) is 11.3 Å². The third-order valence-corrected chi connectivity index (χ3v) is 2.97. The molecule has 92 valence electrons. The molecule has 6 nitrogen and oxygen atoms in total. The maximum absolute atomic E-state index is 11.8. The van der Waals surface area contributed by atoms with Gasteiger partial charge >= 0.3 is 5.97 Å². The van der Waals surface area contributed by atoms with E-state index in [0.29, 0.717) is 0 Å². The number of anilines is 1. The van der Waals surface area contributed by atoms with Gasteiger partial charge in [0.25, 0.3) is 5.91 Å². The topological polar surface area (TPSA) is 92.2 Å². The number of halogens is 1. The van der Waals surface area contributed by atoms with Gasteiger partial charge in [-0.05, 0) is 11.4 Å². The van der Waals surface area contributed by atoms with E-state index in [-0.39, 0.29) is 21.4 Å². The number of aromatic nitrogens is 2. The minimum Gasteiger partial charge on any atom is -0.478 e. The molecule has 18 heavy (non-hydrogen) atoms. The number of amides is 1. The fraction of sp³-hybridized carbons (Fsp3) is 0. The quantitative estimate of drug-likeness (QED) is 0.900. The summed E-state index contributed by atoms with van der Waals surface area (Å²) in [6.45, 7) is 0. The minimum atomic E-state index is -1.11. The molecule has 1 amide bonds. The highest BCUT2D eigenvalue weighted by molar-refractivity contribution is 7.14. The van der Waals surface area contributed by atoms with Gasteiger partial charge in [-0.25, -0.2) is 9.78 Å². The Bertz CT molecular complexity index is 614. The largest absolute Gasteiger partial charge is 0.478 e. The zero-order valence-corrected chi connectivity index (χ0v) is 10.3. The van der Waals surface area contributed by atoms with Crippen molar-refractivity contribution in [1.29, 1.82) is 0 Å². The third kappa shape index (κ3) is 2.63. The number of hydrogen-bond acceptors (Lipinski definition) is 5. The SMILES string of the molecule is O=C(Nc1sccc1C(=O)O)c1cncc(Cl)n1. The van der Waals surface area contributed by atoms with Crippen molar-refractivity contribution >= 4 is 39.8 Å². The van der Waals surface area contributed by atoms with Gasteiger partial charge in [-0.15, -0.1) is 11.3 Å². The molecule has 0 fully saturated rings. The van der Waals surface area contributed by atoms with E-state index >= 15 is 0 Å². The first-order chi connectivity index (χ1) is 8.58. The Morgan fingerprint density at radius 3 is 2.83 bits per heavy atom. The lowest BCUT2D eigenvalue weighted by Crippen LogP contribution is -2.15. The van der Waals surface area contributed by atoms with Crippen molar-refractivity contribution in [1.82, 2.24) is 9.97 Å². The van der Waals surface area contributed by atoms with Crippen LogP contribution < -0.4 is 5.32 Å². The van der Waals surface area contributed by atoms with E-state index in [1.807, 2.05) is 0 Å². The van der Waals surface area contributed by atoms with E-state index in [1.165, 1.54) is 18.5 Å². The molecule has 0 aliphatic heterocycles. The van der Waals surface area contributed by atoms with Crippen molar-refractivity contribution in [3.05, 3.63) is 40.3 Å². The van der Waals surface area contributed by atoms with Crippen molar-refractivity contribution in [2.24, 2.45) is 0 Å². The van der Waals surface area contributed by atoms with Crippen LogP contribution in [-0.4, -0.2) is 27.0 Å². The normalized spacial score (nSPS) is 10.1. The second kappa shape index (κ2) is 5.11. The average Bonchev–Trinajstić information content (AvgIpc) is 2.77. The zero-order chi connectivity index (χ0) is 13.1. The van der Waals surface area contributed by atoms with Crippen LogP contribution in [0, 0.1) is 0 Å². The lowest BCUT2D eigenvalue weighted by Gasteiger charge is -2.03. The van der Waals surface area contributed by atoms with Gasteiger partial charge in [0, 0.05) is 0 Å². The number of hydrogen-bond donors (Lipinski definition) is 2. The zero-order valence-electron chi connectivity index (χ0n) is 8.75. The van der Waals surface area contributed by atoms with Crippen molar-refractivity contribution in [2.45, 2.75) is 0 Å². The van der Waals surface area contributed by atoms with Gasteiger partial charge < -0.3 is 10.4 Å². The first-order valence-electron chi connectivity index (χ1n) is 4.67. The fourth-order valence-corrected chi connectivity index (χ4v) is 2.11. The molecule has 0 bridgehead atoms. The minimum absolute atomic E-state index is 0.0206. The average molecular weight is 284 g/mol. The van der Waals surface area contributed by atoms with Crippen LogP contribution in [0.5, 0.6) is 0 Å². The predicted molar refractivity (Wildman–Crippen MR) is 66.3 cm³/mol. The van der Waals surface area contributed by atoms with Crippen LogP contribution in [0.25, 0.3) is 0 Å². The molecule has 2 aromatic heterocycles. The van der Waals surface area contributed by atoms with Crippen molar-refractivity contribution < 1.29 is 14.7 Å². The lowest BCUT2D eigenvalue weighted by molar-refractivity contribution is 0.0698. The molecule has 0 radical (unpaired) electrons. The standard InChI is InChI=1S/C10H6ClN3O3S/c11-7-4-12-3-6(13-7)8(15)14-9-5(10(16)17)1-2-18-9/h1-4H,(H,14,15)(H,16,17). The Morgan fingerprint density at radius 1 is 1.39 bits per heavy atom. The number of carbonyl (C=O) groups is 2. The van der Waals surface area contributed by atoms with Gasteiger partial charge in [-0.3, -0.25) is 9.78 Å². The Labute approximate surface area is 110 Å². The lowest BCUT2D eigenvalue weighted by atomic mass is 10.3. The highest BCUT2D eigenvalue weighted by atomic mass is 35.5. The van der Waals surface area contributed by atoms with Gasteiger partial charge in [0.05, 0.1) is 18.0 Å². The Hall–Kier alpha value is -1.99. The summed E-state index contributed by atoms with van der Waals surface area (Å²) >= 11 is 6.72. The molecule has 0 aliphatic carbocycles. The second-order valence-electron chi connectivity index (χ2n) is 3.15.